The van der Waals surface area contributed by atoms with Crippen molar-refractivity contribution in [1.29, 1.82) is 0 Å². The van der Waals surface area contributed by atoms with Crippen LogP contribution in [0.4, 0.5) is 5.82 Å². The molecule has 1 aliphatic heterocycles. The first-order valence-electron chi connectivity index (χ1n) is 8.69. The van der Waals surface area contributed by atoms with Crippen LogP contribution in [0.15, 0.2) is 30.7 Å². The van der Waals surface area contributed by atoms with E-state index in [1.165, 1.54) is 11.1 Å². The lowest BCUT2D eigenvalue weighted by Crippen LogP contribution is -2.45. The lowest BCUT2D eigenvalue weighted by Gasteiger charge is -2.36. The van der Waals surface area contributed by atoms with E-state index < -0.39 is 0 Å². The molecular weight excluding hydrogens is 314 g/mol. The molecule has 1 aliphatic rings. The number of morpholine rings is 1. The molecule has 3 aromatic rings. The second kappa shape index (κ2) is 6.11. The molecule has 0 radical (unpaired) electrons. The average molecular weight is 337 g/mol. The van der Waals surface area contributed by atoms with E-state index >= 15 is 0 Å². The molecule has 3 heterocycles. The maximum atomic E-state index is 5.84. The van der Waals surface area contributed by atoms with E-state index in [0.717, 1.165) is 35.6 Å². The zero-order valence-corrected chi connectivity index (χ0v) is 15.1. The molecule has 6 nitrogen and oxygen atoms in total. The monoisotopic (exact) mass is 337 g/mol. The van der Waals surface area contributed by atoms with Gasteiger partial charge in [0.15, 0.2) is 5.65 Å². The van der Waals surface area contributed by atoms with Crippen LogP contribution in [0.25, 0.3) is 16.7 Å². The van der Waals surface area contributed by atoms with Gasteiger partial charge in [-0.2, -0.15) is 5.10 Å². The number of rotatable bonds is 2. The molecule has 0 unspecified atom stereocenters. The maximum Gasteiger partial charge on any atom is 0.168 e. The fourth-order valence-electron chi connectivity index (χ4n) is 3.70. The summed E-state index contributed by atoms with van der Waals surface area (Å²) in [5.74, 6) is 0.933. The molecule has 0 aliphatic carbocycles. The number of ether oxygens (including phenoxy) is 1. The second-order valence-electron chi connectivity index (χ2n) is 7.00. The van der Waals surface area contributed by atoms with Crippen molar-refractivity contribution < 1.29 is 4.74 Å². The van der Waals surface area contributed by atoms with E-state index in [9.17, 15) is 0 Å². The molecule has 0 amide bonds. The number of anilines is 1. The summed E-state index contributed by atoms with van der Waals surface area (Å²) >= 11 is 0. The Bertz CT molecular complexity index is 889. The summed E-state index contributed by atoms with van der Waals surface area (Å²) < 4.78 is 7.74. The highest BCUT2D eigenvalue weighted by atomic mass is 16.5. The smallest absolute Gasteiger partial charge is 0.168 e. The van der Waals surface area contributed by atoms with Crippen LogP contribution in [0, 0.1) is 13.8 Å². The quantitative estimate of drug-likeness (QED) is 0.719. The Labute approximate surface area is 147 Å². The molecule has 0 spiro atoms. The van der Waals surface area contributed by atoms with Crippen molar-refractivity contribution in [2.75, 3.05) is 18.0 Å². The van der Waals surface area contributed by atoms with Gasteiger partial charge in [0.1, 0.15) is 12.1 Å². The summed E-state index contributed by atoms with van der Waals surface area (Å²) in [7, 11) is 0. The van der Waals surface area contributed by atoms with E-state index in [-0.39, 0.29) is 12.2 Å². The van der Waals surface area contributed by atoms with Gasteiger partial charge in [-0.3, -0.25) is 0 Å². The first-order chi connectivity index (χ1) is 12.0. The van der Waals surface area contributed by atoms with E-state index in [1.807, 2.05) is 10.9 Å². The minimum Gasteiger partial charge on any atom is -0.372 e. The summed E-state index contributed by atoms with van der Waals surface area (Å²) in [6.45, 7) is 10.0. The number of aryl methyl sites for hydroxylation is 2. The third kappa shape index (κ3) is 2.98. The van der Waals surface area contributed by atoms with Gasteiger partial charge < -0.3 is 9.64 Å². The molecule has 0 bridgehead atoms. The zero-order chi connectivity index (χ0) is 17.6. The molecule has 1 aromatic carbocycles. The lowest BCUT2D eigenvalue weighted by molar-refractivity contribution is -0.00537. The highest BCUT2D eigenvalue weighted by Gasteiger charge is 2.25. The Morgan fingerprint density at radius 3 is 2.36 bits per heavy atom. The Kier molecular flexibility index (Phi) is 3.92. The largest absolute Gasteiger partial charge is 0.372 e. The van der Waals surface area contributed by atoms with Gasteiger partial charge in [0.05, 0.1) is 29.5 Å². The number of hydrogen-bond donors (Lipinski definition) is 0. The van der Waals surface area contributed by atoms with Gasteiger partial charge in [0.2, 0.25) is 0 Å². The van der Waals surface area contributed by atoms with Crippen LogP contribution in [-0.4, -0.2) is 45.0 Å². The first kappa shape index (κ1) is 16.0. The predicted octanol–water partition coefficient (Wildman–Crippen LogP) is 3.05. The number of aromatic nitrogens is 4. The van der Waals surface area contributed by atoms with Crippen LogP contribution in [-0.2, 0) is 4.74 Å². The molecular formula is C19H23N5O. The highest BCUT2D eigenvalue weighted by molar-refractivity contribution is 5.87. The second-order valence-corrected chi connectivity index (χ2v) is 7.00. The normalized spacial score (nSPS) is 21.0. The Balaban J connectivity index is 1.80. The van der Waals surface area contributed by atoms with Crippen LogP contribution in [0.5, 0.6) is 0 Å². The van der Waals surface area contributed by atoms with Gasteiger partial charge in [-0.1, -0.05) is 6.07 Å². The Morgan fingerprint density at radius 1 is 1.00 bits per heavy atom. The molecule has 130 valence electrons. The number of nitrogens with zero attached hydrogens (tertiary/aromatic N) is 5. The zero-order valence-electron chi connectivity index (χ0n) is 15.1. The van der Waals surface area contributed by atoms with Crippen molar-refractivity contribution in [3.05, 3.63) is 41.9 Å². The van der Waals surface area contributed by atoms with Crippen LogP contribution < -0.4 is 4.90 Å². The van der Waals surface area contributed by atoms with Crippen molar-refractivity contribution in [2.45, 2.75) is 39.9 Å². The Morgan fingerprint density at radius 2 is 1.68 bits per heavy atom. The van der Waals surface area contributed by atoms with Crippen molar-refractivity contribution in [3.8, 4) is 5.69 Å². The highest BCUT2D eigenvalue weighted by Crippen LogP contribution is 2.27. The van der Waals surface area contributed by atoms with Gasteiger partial charge >= 0.3 is 0 Å². The van der Waals surface area contributed by atoms with Gasteiger partial charge in [-0.15, -0.1) is 0 Å². The summed E-state index contributed by atoms with van der Waals surface area (Å²) in [6, 6.07) is 6.41. The van der Waals surface area contributed by atoms with Crippen molar-refractivity contribution >= 4 is 16.9 Å². The average Bonchev–Trinajstić information content (AvgIpc) is 2.97. The predicted molar refractivity (Wildman–Crippen MR) is 98.4 cm³/mol. The van der Waals surface area contributed by atoms with Crippen LogP contribution >= 0.6 is 0 Å². The number of fused-ring (bicyclic) bond motifs is 1. The Hall–Kier alpha value is -2.47. The topological polar surface area (TPSA) is 56.1 Å². The van der Waals surface area contributed by atoms with Crippen molar-refractivity contribution in [1.82, 2.24) is 19.7 Å². The van der Waals surface area contributed by atoms with E-state index in [1.54, 1.807) is 6.33 Å². The van der Waals surface area contributed by atoms with Crippen LogP contribution in [0.2, 0.25) is 0 Å². The SMILES string of the molecule is Cc1cc(C)cc(-n2ncc3c(N4C[C@@H](C)O[C@H](C)C4)ncnc32)c1. The fourth-order valence-corrected chi connectivity index (χ4v) is 3.70. The maximum absolute atomic E-state index is 5.84. The van der Waals surface area contributed by atoms with E-state index in [2.05, 4.69) is 65.9 Å². The molecule has 1 fully saturated rings. The van der Waals surface area contributed by atoms with Crippen molar-refractivity contribution in [2.24, 2.45) is 0 Å². The molecule has 2 atom stereocenters. The van der Waals surface area contributed by atoms with E-state index in [4.69, 9.17) is 4.74 Å². The summed E-state index contributed by atoms with van der Waals surface area (Å²) in [4.78, 5) is 11.3. The minimum absolute atomic E-state index is 0.184. The molecule has 0 saturated carbocycles. The fraction of sp³-hybridized carbons (Fsp3) is 0.421. The number of benzene rings is 1. The van der Waals surface area contributed by atoms with Crippen LogP contribution in [0.3, 0.4) is 0 Å². The minimum atomic E-state index is 0.184. The molecule has 4 rings (SSSR count). The van der Waals surface area contributed by atoms with Crippen molar-refractivity contribution in [3.63, 3.8) is 0 Å². The molecule has 25 heavy (non-hydrogen) atoms. The molecule has 0 N–H and O–H groups in total. The van der Waals surface area contributed by atoms with Gasteiger partial charge in [0.25, 0.3) is 0 Å². The molecule has 2 aromatic heterocycles. The van der Waals surface area contributed by atoms with Crippen LogP contribution in [0.1, 0.15) is 25.0 Å². The molecule has 6 heteroatoms. The number of hydrogen-bond acceptors (Lipinski definition) is 5. The third-order valence-electron chi connectivity index (χ3n) is 4.51. The standard InChI is InChI=1S/C19H23N5O/c1-12-5-13(2)7-16(6-12)24-19-17(8-22-24)18(20-11-21-19)23-9-14(3)25-15(4)10-23/h5-8,11,14-15H,9-10H2,1-4H3/t14-,15-/m1/s1. The first-order valence-corrected chi connectivity index (χ1v) is 8.69. The summed E-state index contributed by atoms with van der Waals surface area (Å²) in [5.41, 5.74) is 4.29. The molecule has 1 saturated heterocycles. The van der Waals surface area contributed by atoms with Gasteiger partial charge in [-0.05, 0) is 51.0 Å². The van der Waals surface area contributed by atoms with Gasteiger partial charge in [-0.25, -0.2) is 14.6 Å². The van der Waals surface area contributed by atoms with Gasteiger partial charge in [0, 0.05) is 13.1 Å². The third-order valence-corrected chi connectivity index (χ3v) is 4.51. The summed E-state index contributed by atoms with van der Waals surface area (Å²) in [6.07, 6.45) is 3.86. The lowest BCUT2D eigenvalue weighted by atomic mass is 10.1. The summed E-state index contributed by atoms with van der Waals surface area (Å²) in [5, 5.41) is 5.57. The van der Waals surface area contributed by atoms with E-state index in [0.29, 0.717) is 0 Å².